The second-order valence-corrected chi connectivity index (χ2v) is 8.08. The Balaban J connectivity index is 1.49. The Labute approximate surface area is 178 Å². The van der Waals surface area contributed by atoms with E-state index in [4.69, 9.17) is 0 Å². The summed E-state index contributed by atoms with van der Waals surface area (Å²) >= 11 is 0. The van der Waals surface area contributed by atoms with Gasteiger partial charge in [-0.25, -0.2) is 9.97 Å². The van der Waals surface area contributed by atoms with Crippen LogP contribution in [0.5, 0.6) is 0 Å². The maximum absolute atomic E-state index is 12.9. The smallest absolute Gasteiger partial charge is 0.276 e. The van der Waals surface area contributed by atoms with Crippen molar-refractivity contribution >= 4 is 11.6 Å². The SMILES string of the molecule is CCCN(CC)C(=O)c1ncn2c(C3CCN(Cc4ccccc4)CC3)ccnc12. The molecule has 4 rings (SSSR count). The molecule has 30 heavy (non-hydrogen) atoms. The van der Waals surface area contributed by atoms with Gasteiger partial charge in [-0.3, -0.25) is 14.1 Å². The monoisotopic (exact) mass is 405 g/mol. The van der Waals surface area contributed by atoms with Crippen LogP contribution in [0.15, 0.2) is 48.9 Å². The zero-order valence-corrected chi connectivity index (χ0v) is 18.0. The zero-order chi connectivity index (χ0) is 20.9. The quantitative estimate of drug-likeness (QED) is 0.597. The zero-order valence-electron chi connectivity index (χ0n) is 18.0. The van der Waals surface area contributed by atoms with Gasteiger partial charge in [0.2, 0.25) is 0 Å². The molecule has 1 aliphatic heterocycles. The van der Waals surface area contributed by atoms with Gasteiger partial charge in [0.15, 0.2) is 11.3 Å². The van der Waals surface area contributed by atoms with Crippen LogP contribution >= 0.6 is 0 Å². The number of amides is 1. The number of hydrogen-bond acceptors (Lipinski definition) is 4. The number of piperidine rings is 1. The number of fused-ring (bicyclic) bond motifs is 1. The summed E-state index contributed by atoms with van der Waals surface area (Å²) in [7, 11) is 0. The first-order valence-electron chi connectivity index (χ1n) is 11.1. The number of benzene rings is 1. The molecule has 0 N–H and O–H groups in total. The topological polar surface area (TPSA) is 53.7 Å². The predicted molar refractivity (Wildman–Crippen MR) is 119 cm³/mol. The Hall–Kier alpha value is -2.73. The van der Waals surface area contributed by atoms with Gasteiger partial charge in [0.05, 0.1) is 0 Å². The number of carbonyl (C=O) groups is 1. The molecule has 1 amide bonds. The lowest BCUT2D eigenvalue weighted by Crippen LogP contribution is -2.33. The van der Waals surface area contributed by atoms with E-state index in [0.29, 0.717) is 23.8 Å². The van der Waals surface area contributed by atoms with Crippen molar-refractivity contribution in [2.45, 2.75) is 45.6 Å². The van der Waals surface area contributed by atoms with Gasteiger partial charge in [-0.15, -0.1) is 0 Å². The molecule has 0 radical (unpaired) electrons. The van der Waals surface area contributed by atoms with Gasteiger partial charge in [-0.1, -0.05) is 37.3 Å². The molecule has 0 atom stereocenters. The first-order valence-corrected chi connectivity index (χ1v) is 11.1. The van der Waals surface area contributed by atoms with E-state index in [-0.39, 0.29) is 5.91 Å². The van der Waals surface area contributed by atoms with Crippen LogP contribution in [-0.4, -0.2) is 56.3 Å². The van der Waals surface area contributed by atoms with Crippen molar-refractivity contribution in [3.63, 3.8) is 0 Å². The van der Waals surface area contributed by atoms with Gasteiger partial charge in [0.1, 0.15) is 6.33 Å². The summed E-state index contributed by atoms with van der Waals surface area (Å²) in [6, 6.07) is 12.8. The molecule has 6 nitrogen and oxygen atoms in total. The molecule has 0 saturated carbocycles. The van der Waals surface area contributed by atoms with Crippen LogP contribution in [0.3, 0.4) is 0 Å². The molecule has 0 spiro atoms. The molecule has 1 saturated heterocycles. The average molecular weight is 406 g/mol. The van der Waals surface area contributed by atoms with Crippen LogP contribution in [0.25, 0.3) is 5.65 Å². The molecule has 158 valence electrons. The molecule has 3 heterocycles. The van der Waals surface area contributed by atoms with E-state index in [0.717, 1.165) is 45.4 Å². The number of imidazole rings is 1. The van der Waals surface area contributed by atoms with Crippen LogP contribution in [0, 0.1) is 0 Å². The van der Waals surface area contributed by atoms with Crippen molar-refractivity contribution in [3.05, 3.63) is 65.9 Å². The summed E-state index contributed by atoms with van der Waals surface area (Å²) in [6.07, 6.45) is 6.75. The minimum absolute atomic E-state index is 0.0239. The molecule has 1 aliphatic rings. The van der Waals surface area contributed by atoms with E-state index in [1.54, 1.807) is 6.33 Å². The van der Waals surface area contributed by atoms with E-state index in [2.05, 4.69) is 58.2 Å². The molecular weight excluding hydrogens is 374 g/mol. The number of hydrogen-bond donors (Lipinski definition) is 0. The Kier molecular flexibility index (Phi) is 6.43. The molecular formula is C24H31N5O. The van der Waals surface area contributed by atoms with Gasteiger partial charge in [0, 0.05) is 37.4 Å². The minimum atomic E-state index is -0.0239. The molecule has 1 aromatic carbocycles. The van der Waals surface area contributed by atoms with Crippen LogP contribution in [0.1, 0.15) is 60.8 Å². The summed E-state index contributed by atoms with van der Waals surface area (Å²) < 4.78 is 2.03. The Morgan fingerprint density at radius 1 is 1.10 bits per heavy atom. The molecule has 0 unspecified atom stereocenters. The van der Waals surface area contributed by atoms with Gasteiger partial charge in [0.25, 0.3) is 5.91 Å². The molecule has 0 bridgehead atoms. The third kappa shape index (κ3) is 4.24. The number of carbonyl (C=O) groups excluding carboxylic acids is 1. The fourth-order valence-corrected chi connectivity index (χ4v) is 4.45. The number of likely N-dealkylation sites (tertiary alicyclic amines) is 1. The van der Waals surface area contributed by atoms with Crippen molar-refractivity contribution in [1.29, 1.82) is 0 Å². The molecule has 3 aromatic rings. The second-order valence-electron chi connectivity index (χ2n) is 8.08. The van der Waals surface area contributed by atoms with E-state index >= 15 is 0 Å². The van der Waals surface area contributed by atoms with E-state index in [1.165, 1.54) is 11.3 Å². The number of rotatable bonds is 7. The summed E-state index contributed by atoms with van der Waals surface area (Å²) in [6.45, 7) is 8.68. The summed E-state index contributed by atoms with van der Waals surface area (Å²) in [5.74, 6) is 0.432. The van der Waals surface area contributed by atoms with E-state index in [9.17, 15) is 4.79 Å². The Morgan fingerprint density at radius 3 is 2.57 bits per heavy atom. The molecule has 0 aliphatic carbocycles. The number of aromatic nitrogens is 3. The van der Waals surface area contributed by atoms with Crippen LogP contribution in [0.2, 0.25) is 0 Å². The largest absolute Gasteiger partial charge is 0.337 e. The van der Waals surface area contributed by atoms with Crippen molar-refractivity contribution < 1.29 is 4.79 Å². The Bertz CT molecular complexity index is 976. The lowest BCUT2D eigenvalue weighted by atomic mass is 9.93. The highest BCUT2D eigenvalue weighted by atomic mass is 16.2. The van der Waals surface area contributed by atoms with E-state index in [1.807, 2.05) is 22.4 Å². The van der Waals surface area contributed by atoms with Gasteiger partial charge >= 0.3 is 0 Å². The standard InChI is InChI=1S/C24H31N5O/c1-3-14-28(4-2)24(30)22-23-25-13-10-21(29(23)18-26-22)20-11-15-27(16-12-20)17-19-8-6-5-7-9-19/h5-10,13,18,20H,3-4,11-12,14-17H2,1-2H3. The highest BCUT2D eigenvalue weighted by molar-refractivity contribution is 5.98. The first-order chi connectivity index (χ1) is 14.7. The average Bonchev–Trinajstić information content (AvgIpc) is 3.22. The third-order valence-corrected chi connectivity index (χ3v) is 6.08. The predicted octanol–water partition coefficient (Wildman–Crippen LogP) is 3.98. The van der Waals surface area contributed by atoms with Crippen LogP contribution < -0.4 is 0 Å². The highest BCUT2D eigenvalue weighted by Crippen LogP contribution is 2.29. The van der Waals surface area contributed by atoms with Crippen LogP contribution in [-0.2, 0) is 6.54 Å². The van der Waals surface area contributed by atoms with Gasteiger partial charge in [-0.05, 0) is 50.9 Å². The lowest BCUT2D eigenvalue weighted by Gasteiger charge is -2.32. The normalized spacial score (nSPS) is 15.5. The second kappa shape index (κ2) is 9.39. The molecule has 1 fully saturated rings. The maximum atomic E-state index is 12.9. The van der Waals surface area contributed by atoms with Gasteiger partial charge < -0.3 is 4.90 Å². The van der Waals surface area contributed by atoms with Crippen molar-refractivity contribution in [3.8, 4) is 0 Å². The fourth-order valence-electron chi connectivity index (χ4n) is 4.45. The molecule has 6 heteroatoms. The highest BCUT2D eigenvalue weighted by Gasteiger charge is 2.25. The lowest BCUT2D eigenvalue weighted by molar-refractivity contribution is 0.0761. The van der Waals surface area contributed by atoms with E-state index < -0.39 is 0 Å². The molecule has 2 aromatic heterocycles. The summed E-state index contributed by atoms with van der Waals surface area (Å²) in [5, 5.41) is 0. The third-order valence-electron chi connectivity index (χ3n) is 6.08. The maximum Gasteiger partial charge on any atom is 0.276 e. The van der Waals surface area contributed by atoms with Crippen LogP contribution in [0.4, 0.5) is 0 Å². The summed E-state index contributed by atoms with van der Waals surface area (Å²) in [5.41, 5.74) is 3.73. The minimum Gasteiger partial charge on any atom is -0.337 e. The fraction of sp³-hybridized carbons (Fsp3) is 0.458. The first kappa shape index (κ1) is 20.5. The van der Waals surface area contributed by atoms with Gasteiger partial charge in [-0.2, -0.15) is 0 Å². The number of nitrogens with zero attached hydrogens (tertiary/aromatic N) is 5. The summed E-state index contributed by atoms with van der Waals surface area (Å²) in [4.78, 5) is 26.3. The Morgan fingerprint density at radius 2 is 1.87 bits per heavy atom. The van der Waals surface area contributed by atoms with Crippen molar-refractivity contribution in [2.75, 3.05) is 26.2 Å². The van der Waals surface area contributed by atoms with Crippen molar-refractivity contribution in [1.82, 2.24) is 24.2 Å². The van der Waals surface area contributed by atoms with Crippen molar-refractivity contribution in [2.24, 2.45) is 0 Å².